The second-order valence-electron chi connectivity index (χ2n) is 4.72. The number of carbonyl (C=O) groups excluding carboxylic acids is 1. The van der Waals surface area contributed by atoms with Gasteiger partial charge in [0.05, 0.1) is 11.9 Å². The Morgan fingerprint density at radius 3 is 3.00 bits per heavy atom. The third kappa shape index (κ3) is 1.49. The highest BCUT2D eigenvalue weighted by molar-refractivity contribution is 5.96. The third-order valence-corrected chi connectivity index (χ3v) is 3.34. The second-order valence-corrected chi connectivity index (χ2v) is 4.72. The molecule has 18 heavy (non-hydrogen) atoms. The van der Waals surface area contributed by atoms with Crippen LogP contribution in [0.2, 0.25) is 0 Å². The monoisotopic (exact) mass is 248 g/mol. The molecule has 3 aliphatic heterocycles. The molecule has 0 saturated heterocycles. The number of carbonyl (C=O) groups is 1. The zero-order valence-corrected chi connectivity index (χ0v) is 10.5. The zero-order valence-electron chi connectivity index (χ0n) is 10.5. The van der Waals surface area contributed by atoms with E-state index in [4.69, 9.17) is 0 Å². The van der Waals surface area contributed by atoms with Gasteiger partial charge >= 0.3 is 0 Å². The molecule has 0 unspecified atom stereocenters. The Bertz CT molecular complexity index is 506. The number of likely N-dealkylation sites (N-methyl/N-ethyl adjacent to an activating group) is 1. The molecule has 3 rings (SSSR count). The van der Waals surface area contributed by atoms with Crippen LogP contribution in [0, 0.1) is 0 Å². The second kappa shape index (κ2) is 3.78. The van der Waals surface area contributed by atoms with E-state index in [0.29, 0.717) is 12.4 Å². The fourth-order valence-electron chi connectivity index (χ4n) is 2.59. The van der Waals surface area contributed by atoms with Crippen LogP contribution in [-0.4, -0.2) is 45.7 Å². The molecule has 6 heteroatoms. The predicted molar refractivity (Wildman–Crippen MR) is 64.6 cm³/mol. The highest BCUT2D eigenvalue weighted by Crippen LogP contribution is 2.31. The maximum absolute atomic E-state index is 11.9. The summed E-state index contributed by atoms with van der Waals surface area (Å²) in [5, 5.41) is 13.5. The lowest BCUT2D eigenvalue weighted by molar-refractivity contribution is -0.119. The molecule has 0 spiro atoms. The smallest absolute Gasteiger partial charge is 0.274 e. The first-order valence-electron chi connectivity index (χ1n) is 6.02. The summed E-state index contributed by atoms with van der Waals surface area (Å²) in [5.74, 6) is 0.790. The number of nitrogens with one attached hydrogen (secondary N) is 1. The molecule has 0 saturated carbocycles. The van der Waals surface area contributed by atoms with Crippen LogP contribution < -0.4 is 5.32 Å². The average Bonchev–Trinajstić information content (AvgIpc) is 2.70. The number of amides is 1. The van der Waals surface area contributed by atoms with Crippen LogP contribution in [-0.2, 0) is 4.79 Å². The molecule has 0 aromatic carbocycles. The number of rotatable bonds is 1. The Morgan fingerprint density at radius 1 is 1.50 bits per heavy atom. The van der Waals surface area contributed by atoms with Gasteiger partial charge in [0.1, 0.15) is 18.2 Å². The maximum Gasteiger partial charge on any atom is 0.274 e. The first-order valence-corrected chi connectivity index (χ1v) is 6.02. The molecular formula is C12H16N4O2. The summed E-state index contributed by atoms with van der Waals surface area (Å²) in [4.78, 5) is 16.0. The Labute approximate surface area is 105 Å². The third-order valence-electron chi connectivity index (χ3n) is 3.34. The molecule has 96 valence electrons. The van der Waals surface area contributed by atoms with Gasteiger partial charge in [-0.1, -0.05) is 5.57 Å². The lowest BCUT2D eigenvalue weighted by Gasteiger charge is -2.40. The SMILES string of the molecule is CCN1CC(C)=CC2=C1N1CN(O)C=C1C(=O)N2. The fourth-order valence-corrected chi connectivity index (χ4v) is 2.59. The number of hydrogen-bond acceptors (Lipinski definition) is 5. The molecule has 0 aliphatic carbocycles. The largest absolute Gasteiger partial charge is 0.353 e. The van der Waals surface area contributed by atoms with Crippen molar-refractivity contribution in [1.29, 1.82) is 0 Å². The van der Waals surface area contributed by atoms with Gasteiger partial charge in [0.25, 0.3) is 5.91 Å². The molecule has 3 heterocycles. The minimum absolute atomic E-state index is 0.174. The van der Waals surface area contributed by atoms with Crippen molar-refractivity contribution in [2.75, 3.05) is 19.8 Å². The van der Waals surface area contributed by atoms with E-state index in [1.165, 1.54) is 11.8 Å². The Morgan fingerprint density at radius 2 is 2.28 bits per heavy atom. The summed E-state index contributed by atoms with van der Waals surface area (Å²) >= 11 is 0. The van der Waals surface area contributed by atoms with Gasteiger partial charge in [0.2, 0.25) is 0 Å². The van der Waals surface area contributed by atoms with Crippen LogP contribution in [0.4, 0.5) is 0 Å². The number of hydroxylamine groups is 2. The number of fused-ring (bicyclic) bond motifs is 2. The minimum atomic E-state index is -0.174. The van der Waals surface area contributed by atoms with E-state index in [0.717, 1.165) is 29.7 Å². The van der Waals surface area contributed by atoms with Crippen molar-refractivity contribution in [3.05, 3.63) is 35.1 Å². The molecule has 0 fully saturated rings. The van der Waals surface area contributed by atoms with Crippen molar-refractivity contribution in [3.63, 3.8) is 0 Å². The van der Waals surface area contributed by atoms with Gasteiger partial charge in [-0.25, -0.2) is 5.06 Å². The first-order chi connectivity index (χ1) is 8.60. The van der Waals surface area contributed by atoms with Crippen LogP contribution in [0.5, 0.6) is 0 Å². The number of allylic oxidation sites excluding steroid dienone is 1. The molecule has 2 N–H and O–H groups in total. The van der Waals surface area contributed by atoms with Gasteiger partial charge in [-0.05, 0) is 19.9 Å². The van der Waals surface area contributed by atoms with Crippen molar-refractivity contribution >= 4 is 5.91 Å². The topological polar surface area (TPSA) is 59.1 Å². The molecular weight excluding hydrogens is 232 g/mol. The zero-order chi connectivity index (χ0) is 12.9. The molecule has 6 nitrogen and oxygen atoms in total. The van der Waals surface area contributed by atoms with Gasteiger partial charge in [0, 0.05) is 13.1 Å². The highest BCUT2D eigenvalue weighted by atomic mass is 16.5. The van der Waals surface area contributed by atoms with E-state index in [9.17, 15) is 10.0 Å². The summed E-state index contributed by atoms with van der Waals surface area (Å²) < 4.78 is 0. The predicted octanol–water partition coefficient (Wildman–Crippen LogP) is 0.373. The van der Waals surface area contributed by atoms with E-state index in [2.05, 4.69) is 17.1 Å². The van der Waals surface area contributed by atoms with Crippen molar-refractivity contribution in [1.82, 2.24) is 20.2 Å². The molecule has 0 aromatic rings. The van der Waals surface area contributed by atoms with E-state index in [1.807, 2.05) is 17.9 Å². The summed E-state index contributed by atoms with van der Waals surface area (Å²) in [6.07, 6.45) is 3.45. The Hall–Kier alpha value is -1.95. The van der Waals surface area contributed by atoms with Crippen molar-refractivity contribution in [2.45, 2.75) is 13.8 Å². The molecule has 0 bridgehead atoms. The van der Waals surface area contributed by atoms with E-state index in [-0.39, 0.29) is 5.91 Å². The van der Waals surface area contributed by atoms with Crippen LogP contribution in [0.3, 0.4) is 0 Å². The normalized spacial score (nSPS) is 22.6. The van der Waals surface area contributed by atoms with Crippen molar-refractivity contribution < 1.29 is 10.0 Å². The van der Waals surface area contributed by atoms with Crippen LogP contribution >= 0.6 is 0 Å². The van der Waals surface area contributed by atoms with Crippen LogP contribution in [0.1, 0.15) is 13.8 Å². The summed E-state index contributed by atoms with van der Waals surface area (Å²) in [5.41, 5.74) is 2.52. The first kappa shape index (κ1) is 11.2. The van der Waals surface area contributed by atoms with Gasteiger partial charge < -0.3 is 10.2 Å². The Balaban J connectivity index is 2.08. The lowest BCUT2D eigenvalue weighted by atomic mass is 10.1. The molecule has 0 atom stereocenters. The summed E-state index contributed by atoms with van der Waals surface area (Å²) in [7, 11) is 0. The van der Waals surface area contributed by atoms with Gasteiger partial charge in [-0.15, -0.1) is 0 Å². The van der Waals surface area contributed by atoms with E-state index >= 15 is 0 Å². The minimum Gasteiger partial charge on any atom is -0.353 e. The molecule has 1 amide bonds. The number of nitrogens with zero attached hydrogens (tertiary/aromatic N) is 3. The van der Waals surface area contributed by atoms with Crippen molar-refractivity contribution in [2.24, 2.45) is 0 Å². The standard InChI is InChI=1S/C12H16N4O2/c1-3-14-5-8(2)4-9-12(14)16-7-15(18)6-10(16)11(17)13-9/h4,6,18H,3,5,7H2,1-2H3,(H,13,17). The van der Waals surface area contributed by atoms with Gasteiger partial charge in [-0.2, -0.15) is 0 Å². The molecule has 3 aliphatic rings. The number of hydrogen-bond donors (Lipinski definition) is 2. The average molecular weight is 248 g/mol. The fraction of sp³-hybridized carbons (Fsp3) is 0.417. The molecule has 0 aromatic heterocycles. The Kier molecular flexibility index (Phi) is 2.34. The van der Waals surface area contributed by atoms with Crippen LogP contribution in [0.15, 0.2) is 35.1 Å². The summed E-state index contributed by atoms with van der Waals surface area (Å²) in [6.45, 7) is 6.13. The van der Waals surface area contributed by atoms with Gasteiger partial charge in [0.15, 0.2) is 0 Å². The quantitative estimate of drug-likeness (QED) is 0.702. The summed E-state index contributed by atoms with van der Waals surface area (Å²) in [6, 6.07) is 0. The lowest BCUT2D eigenvalue weighted by Crippen LogP contribution is -2.48. The maximum atomic E-state index is 11.9. The molecule has 0 radical (unpaired) electrons. The van der Waals surface area contributed by atoms with Crippen LogP contribution in [0.25, 0.3) is 0 Å². The van der Waals surface area contributed by atoms with E-state index < -0.39 is 0 Å². The van der Waals surface area contributed by atoms with E-state index in [1.54, 1.807) is 0 Å². The van der Waals surface area contributed by atoms with Gasteiger partial charge in [-0.3, -0.25) is 14.9 Å². The highest BCUT2D eigenvalue weighted by Gasteiger charge is 2.37. The van der Waals surface area contributed by atoms with Crippen molar-refractivity contribution in [3.8, 4) is 0 Å².